The largest absolute Gasteiger partial charge is 0.482 e. The van der Waals surface area contributed by atoms with Crippen LogP contribution in [0.25, 0.3) is 17.0 Å². The number of hydrogen-bond acceptors (Lipinski definition) is 10. The molecule has 17 heteroatoms. The van der Waals surface area contributed by atoms with Crippen molar-refractivity contribution < 1.29 is 28.8 Å². The Balaban J connectivity index is 0.000000228. The number of carbonyl (C=O) groups excluding carboxylic acids is 2. The fourth-order valence-corrected chi connectivity index (χ4v) is 4.94. The van der Waals surface area contributed by atoms with Crippen LogP contribution in [0.1, 0.15) is 57.6 Å². The summed E-state index contributed by atoms with van der Waals surface area (Å²) >= 11 is 0. The summed E-state index contributed by atoms with van der Waals surface area (Å²) in [7, 11) is 0. The van der Waals surface area contributed by atoms with Gasteiger partial charge in [0.25, 0.3) is 17.4 Å². The zero-order chi connectivity index (χ0) is 31.0. The van der Waals surface area contributed by atoms with E-state index in [-0.39, 0.29) is 62.0 Å². The molecule has 7 N–H and O–H groups in total. The van der Waals surface area contributed by atoms with Gasteiger partial charge >= 0.3 is 11.7 Å². The van der Waals surface area contributed by atoms with Crippen LogP contribution >= 0.6 is 12.4 Å². The van der Waals surface area contributed by atoms with Gasteiger partial charge in [0.05, 0.1) is 5.69 Å². The number of ether oxygens (including phenoxy) is 1. The van der Waals surface area contributed by atoms with E-state index in [1.165, 1.54) is 11.1 Å². The molecule has 0 bridgehead atoms. The maximum atomic E-state index is 12.4. The van der Waals surface area contributed by atoms with E-state index in [0.717, 1.165) is 35.1 Å². The summed E-state index contributed by atoms with van der Waals surface area (Å²) in [5.41, 5.74) is 9.45. The third kappa shape index (κ3) is 6.82. The Morgan fingerprint density at radius 3 is 2.65 bits per heavy atom. The number of carbonyl (C=O) groups is 3. The van der Waals surface area contributed by atoms with Crippen molar-refractivity contribution in [1.29, 1.82) is 0 Å². The van der Waals surface area contributed by atoms with Gasteiger partial charge in [-0.05, 0) is 47.7 Å². The van der Waals surface area contributed by atoms with E-state index in [0.29, 0.717) is 22.8 Å². The highest BCUT2D eigenvalue weighted by molar-refractivity contribution is 5.96. The Labute approximate surface area is 265 Å². The van der Waals surface area contributed by atoms with E-state index >= 15 is 0 Å². The van der Waals surface area contributed by atoms with Crippen LogP contribution in [0.3, 0.4) is 0 Å². The Kier molecular flexibility index (Phi) is 9.73. The summed E-state index contributed by atoms with van der Waals surface area (Å²) in [6.45, 7) is 0.0581. The minimum atomic E-state index is -1.32. The molecule has 1 aliphatic carbocycles. The van der Waals surface area contributed by atoms with Crippen LogP contribution in [0.5, 0.6) is 5.75 Å². The number of anilines is 1. The quantitative estimate of drug-likeness (QED) is 0.160. The van der Waals surface area contributed by atoms with Gasteiger partial charge in [-0.3, -0.25) is 29.0 Å². The van der Waals surface area contributed by atoms with E-state index in [1.54, 1.807) is 18.2 Å². The molecule has 7 rings (SSSR count). The van der Waals surface area contributed by atoms with Crippen molar-refractivity contribution in [1.82, 2.24) is 30.1 Å². The molecule has 2 aromatic carbocycles. The third-order valence-corrected chi connectivity index (χ3v) is 7.02. The number of carboxylic acid groups (broad SMARTS) is 1. The van der Waals surface area contributed by atoms with Gasteiger partial charge in [-0.15, -0.1) is 12.4 Å². The predicted octanol–water partition coefficient (Wildman–Crippen LogP) is 2.02. The second kappa shape index (κ2) is 13.5. The second-order valence-corrected chi connectivity index (χ2v) is 10.00. The van der Waals surface area contributed by atoms with Crippen molar-refractivity contribution in [3.8, 4) is 17.1 Å². The number of nitrogens with one attached hydrogen (secondary N) is 4. The molecule has 0 spiro atoms. The van der Waals surface area contributed by atoms with Gasteiger partial charge in [0.15, 0.2) is 23.8 Å². The molecule has 46 heavy (non-hydrogen) atoms. The van der Waals surface area contributed by atoms with Gasteiger partial charge in [-0.25, -0.2) is 19.1 Å². The number of H-pyrrole nitrogens is 2. The predicted molar refractivity (Wildman–Crippen MR) is 166 cm³/mol. The van der Waals surface area contributed by atoms with E-state index in [1.807, 2.05) is 18.2 Å². The van der Waals surface area contributed by atoms with Gasteiger partial charge in [-0.1, -0.05) is 30.8 Å². The van der Waals surface area contributed by atoms with Gasteiger partial charge < -0.3 is 26.2 Å². The number of hydrogen-bond donors (Lipinski definition) is 6. The summed E-state index contributed by atoms with van der Waals surface area (Å²) in [4.78, 5) is 64.0. The molecule has 2 amide bonds. The summed E-state index contributed by atoms with van der Waals surface area (Å²) in [5.74, 6) is -1.74. The number of aromatic nitrogens is 5. The molecule has 0 unspecified atom stereocenters. The summed E-state index contributed by atoms with van der Waals surface area (Å²) in [6, 6.07) is 13.3. The lowest BCUT2D eigenvalue weighted by Gasteiger charge is -2.18. The number of aromatic carboxylic acids is 1. The number of aromatic amines is 2. The first-order chi connectivity index (χ1) is 21.1. The number of benzene rings is 2. The molecule has 1 atom stereocenters. The molecule has 1 aliphatic heterocycles. The molecule has 3 aromatic heterocycles. The number of aryl methyl sites for hydroxylation is 1. The van der Waals surface area contributed by atoms with Crippen LogP contribution in [0, 0.1) is 0 Å². The Hall–Kier alpha value is -5.74. The van der Waals surface area contributed by atoms with Crippen molar-refractivity contribution in [2.24, 2.45) is 5.73 Å². The minimum absolute atomic E-state index is 0. The Bertz CT molecular complexity index is 2060. The number of amides is 2. The summed E-state index contributed by atoms with van der Waals surface area (Å²) in [6.07, 6.45) is 1.96. The topological polar surface area (TPSA) is 240 Å². The lowest BCUT2D eigenvalue weighted by Crippen LogP contribution is -2.27. The van der Waals surface area contributed by atoms with Gasteiger partial charge in [0.2, 0.25) is 0 Å². The maximum Gasteiger partial charge on any atom is 0.439 e. The van der Waals surface area contributed by atoms with E-state index in [4.69, 9.17) is 10.5 Å². The number of carboxylic acids is 1. The molecular formula is C29H29ClN8O8. The van der Waals surface area contributed by atoms with Crippen LogP contribution in [-0.2, 0) is 17.8 Å². The number of rotatable bonds is 5. The van der Waals surface area contributed by atoms with Gasteiger partial charge in [0, 0.05) is 30.3 Å². The van der Waals surface area contributed by atoms with Crippen molar-refractivity contribution in [2.45, 2.75) is 32.9 Å². The average molecular weight is 653 g/mol. The van der Waals surface area contributed by atoms with Crippen LogP contribution in [0.2, 0.25) is 0 Å². The lowest BCUT2D eigenvalue weighted by molar-refractivity contribution is -0.118. The van der Waals surface area contributed by atoms with Crippen LogP contribution in [-0.4, -0.2) is 54.2 Å². The Morgan fingerprint density at radius 1 is 1.11 bits per heavy atom. The highest BCUT2D eigenvalue weighted by atomic mass is 35.5. The molecule has 5 aromatic rings. The zero-order valence-electron chi connectivity index (χ0n) is 23.2. The van der Waals surface area contributed by atoms with E-state index in [9.17, 15) is 29.1 Å². The van der Waals surface area contributed by atoms with Crippen LogP contribution in [0.4, 0.5) is 5.69 Å². The van der Waals surface area contributed by atoms with Crippen molar-refractivity contribution in [3.63, 3.8) is 0 Å². The number of nitrogens with zero attached hydrogens (tertiary/aromatic N) is 3. The van der Waals surface area contributed by atoms with Crippen LogP contribution < -0.4 is 32.4 Å². The molecule has 16 nitrogen and oxygen atoms in total. The van der Waals surface area contributed by atoms with Gasteiger partial charge in [-0.2, -0.15) is 0 Å². The molecule has 0 saturated carbocycles. The monoisotopic (exact) mass is 652 g/mol. The molecule has 0 saturated heterocycles. The smallest absolute Gasteiger partial charge is 0.439 e. The third-order valence-electron chi connectivity index (χ3n) is 7.02. The minimum Gasteiger partial charge on any atom is -0.482 e. The standard InChI is InChI=1S/C17H13N5O6.C11H11N3O2.CH4.ClH/c23-14-5-13-19-10(4-11(17(26)27)22(13)21-14)16(25)18-6-8-1-2-12-9(3-8)20-15(24)7-28-12;12-9-4-2-6-5-7(1-3-8(6)9)10-13-11(15)16-14-10;;/h1-5H,6-7H2,(H,18,25)(H,20,24)(H,21,23)(H,26,27);1,3,5,9H,2,4,12H2,(H,13,14,15);1H4;1H/t;9-;;/m.0../s1. The molecule has 0 fully saturated rings. The lowest BCUT2D eigenvalue weighted by atomic mass is 10.0. The highest BCUT2D eigenvalue weighted by Gasteiger charge is 2.21. The van der Waals surface area contributed by atoms with Crippen molar-refractivity contribution in [3.05, 3.63) is 97.5 Å². The normalized spacial score (nSPS) is 14.3. The first kappa shape index (κ1) is 33.2. The first-order valence-corrected chi connectivity index (χ1v) is 13.3. The fraction of sp³-hybridized carbons (Fsp3) is 0.207. The first-order valence-electron chi connectivity index (χ1n) is 13.3. The fourth-order valence-electron chi connectivity index (χ4n) is 4.94. The summed E-state index contributed by atoms with van der Waals surface area (Å²) < 4.78 is 10.7. The van der Waals surface area contributed by atoms with E-state index in [2.05, 4.69) is 35.4 Å². The SMILES string of the molecule is C.Cl.N[C@H]1CCc2cc(-c3noc(=O)[nH]3)ccc21.O=C1COc2ccc(CNC(=O)c3cc(C(=O)O)n4[nH]c(=O)cc4n3)cc2N1. The maximum absolute atomic E-state index is 12.4. The van der Waals surface area contributed by atoms with E-state index < -0.39 is 23.2 Å². The molecular weight excluding hydrogens is 624 g/mol. The Morgan fingerprint density at radius 2 is 1.91 bits per heavy atom. The number of fused-ring (bicyclic) bond motifs is 3. The summed E-state index contributed by atoms with van der Waals surface area (Å²) in [5, 5.41) is 20.5. The van der Waals surface area contributed by atoms with Gasteiger partial charge in [0.1, 0.15) is 11.4 Å². The molecule has 4 heterocycles. The molecule has 0 radical (unpaired) electrons. The zero-order valence-corrected chi connectivity index (χ0v) is 24.0. The van der Waals surface area contributed by atoms with Crippen LogP contribution in [0.15, 0.2) is 62.6 Å². The number of nitrogens with two attached hydrogens (primary N) is 1. The second-order valence-electron chi connectivity index (χ2n) is 10.00. The number of halogens is 1. The molecule has 2 aliphatic rings. The molecule has 240 valence electrons. The highest BCUT2D eigenvalue weighted by Crippen LogP contribution is 2.32. The van der Waals surface area contributed by atoms with Crippen molar-refractivity contribution in [2.75, 3.05) is 11.9 Å². The van der Waals surface area contributed by atoms with Crippen molar-refractivity contribution >= 4 is 41.5 Å². The average Bonchev–Trinajstić information content (AvgIpc) is 3.72.